The van der Waals surface area contributed by atoms with Crippen molar-refractivity contribution in [3.05, 3.63) is 35.4 Å². The zero-order valence-corrected chi connectivity index (χ0v) is 11.3. The van der Waals surface area contributed by atoms with Crippen LogP contribution in [0.25, 0.3) is 0 Å². The highest BCUT2D eigenvalue weighted by Gasteiger charge is 2.04. The highest BCUT2D eigenvalue weighted by atomic mass is 15.3. The van der Waals surface area contributed by atoms with E-state index in [0.717, 1.165) is 31.7 Å². The van der Waals surface area contributed by atoms with Crippen molar-refractivity contribution in [3.8, 4) is 0 Å². The van der Waals surface area contributed by atoms with Gasteiger partial charge in [-0.1, -0.05) is 6.92 Å². The van der Waals surface area contributed by atoms with Gasteiger partial charge >= 0.3 is 0 Å². The molecule has 2 aromatic rings. The first-order chi connectivity index (χ1) is 8.69. The second-order valence-electron chi connectivity index (χ2n) is 4.56. The van der Waals surface area contributed by atoms with Crippen molar-refractivity contribution in [3.63, 3.8) is 0 Å². The summed E-state index contributed by atoms with van der Waals surface area (Å²) >= 11 is 0. The zero-order chi connectivity index (χ0) is 13.0. The summed E-state index contributed by atoms with van der Waals surface area (Å²) in [5.41, 5.74) is 3.64. The van der Waals surface area contributed by atoms with Crippen LogP contribution in [0, 0.1) is 6.92 Å². The standard InChI is InChI=1S/C13H21N5/c1-4-14-8-13-10-18(16-11(13)2)6-5-12-7-15-17(3)9-12/h7,9-10,14H,4-6,8H2,1-3H3. The van der Waals surface area contributed by atoms with E-state index in [1.54, 1.807) is 0 Å². The van der Waals surface area contributed by atoms with E-state index >= 15 is 0 Å². The van der Waals surface area contributed by atoms with Crippen LogP contribution in [-0.4, -0.2) is 26.1 Å². The van der Waals surface area contributed by atoms with E-state index in [2.05, 4.69) is 41.8 Å². The second kappa shape index (κ2) is 5.82. The van der Waals surface area contributed by atoms with Gasteiger partial charge in [-0.15, -0.1) is 0 Å². The number of aryl methyl sites for hydroxylation is 4. The maximum absolute atomic E-state index is 4.53. The third-order valence-electron chi connectivity index (χ3n) is 3.00. The molecular formula is C13H21N5. The average Bonchev–Trinajstić information content (AvgIpc) is 2.91. The maximum atomic E-state index is 4.53. The molecule has 2 aromatic heterocycles. The van der Waals surface area contributed by atoms with Gasteiger partial charge in [0.05, 0.1) is 11.9 Å². The first-order valence-electron chi connectivity index (χ1n) is 6.40. The van der Waals surface area contributed by atoms with E-state index in [1.165, 1.54) is 11.1 Å². The fraction of sp³-hybridized carbons (Fsp3) is 0.538. The van der Waals surface area contributed by atoms with Crippen molar-refractivity contribution in [2.75, 3.05) is 6.54 Å². The number of rotatable bonds is 6. The smallest absolute Gasteiger partial charge is 0.0638 e. The highest BCUT2D eigenvalue weighted by molar-refractivity contribution is 5.15. The van der Waals surface area contributed by atoms with Crippen LogP contribution < -0.4 is 5.32 Å². The first kappa shape index (κ1) is 12.8. The summed E-state index contributed by atoms with van der Waals surface area (Å²) in [4.78, 5) is 0. The molecule has 0 saturated carbocycles. The van der Waals surface area contributed by atoms with E-state index in [4.69, 9.17) is 0 Å². The van der Waals surface area contributed by atoms with Crippen LogP contribution >= 0.6 is 0 Å². The van der Waals surface area contributed by atoms with Crippen LogP contribution in [0.15, 0.2) is 18.6 Å². The first-order valence-corrected chi connectivity index (χ1v) is 6.40. The van der Waals surface area contributed by atoms with Crippen LogP contribution in [0.1, 0.15) is 23.7 Å². The van der Waals surface area contributed by atoms with Crippen LogP contribution in [0.2, 0.25) is 0 Å². The molecule has 2 heterocycles. The monoisotopic (exact) mass is 247 g/mol. The Morgan fingerprint density at radius 3 is 2.83 bits per heavy atom. The second-order valence-corrected chi connectivity index (χ2v) is 4.56. The molecule has 5 heteroatoms. The van der Waals surface area contributed by atoms with Gasteiger partial charge in [-0.2, -0.15) is 10.2 Å². The molecule has 1 N–H and O–H groups in total. The van der Waals surface area contributed by atoms with Gasteiger partial charge in [-0.25, -0.2) is 0 Å². The Bertz CT molecular complexity index is 497. The predicted octanol–water partition coefficient (Wildman–Crippen LogP) is 1.28. The summed E-state index contributed by atoms with van der Waals surface area (Å²) < 4.78 is 3.86. The van der Waals surface area contributed by atoms with Gasteiger partial charge in [0, 0.05) is 38.1 Å². The van der Waals surface area contributed by atoms with Gasteiger partial charge in [0.2, 0.25) is 0 Å². The van der Waals surface area contributed by atoms with E-state index in [1.807, 2.05) is 22.6 Å². The van der Waals surface area contributed by atoms with Crippen LogP contribution in [0.4, 0.5) is 0 Å². The lowest BCUT2D eigenvalue weighted by Gasteiger charge is -1.99. The van der Waals surface area contributed by atoms with Gasteiger partial charge < -0.3 is 5.32 Å². The number of nitrogens with zero attached hydrogens (tertiary/aromatic N) is 4. The molecule has 0 aliphatic heterocycles. The molecule has 18 heavy (non-hydrogen) atoms. The lowest BCUT2D eigenvalue weighted by molar-refractivity contribution is 0.609. The molecule has 2 rings (SSSR count). The normalized spacial score (nSPS) is 11.1. The van der Waals surface area contributed by atoms with E-state index < -0.39 is 0 Å². The summed E-state index contributed by atoms with van der Waals surface area (Å²) in [6, 6.07) is 0. The summed E-state index contributed by atoms with van der Waals surface area (Å²) in [5, 5.41) is 12.0. The summed E-state index contributed by atoms with van der Waals surface area (Å²) in [6.07, 6.45) is 7.07. The Morgan fingerprint density at radius 1 is 1.33 bits per heavy atom. The van der Waals surface area contributed by atoms with E-state index in [0.29, 0.717) is 0 Å². The Hall–Kier alpha value is -1.62. The summed E-state index contributed by atoms with van der Waals surface area (Å²) in [7, 11) is 1.94. The van der Waals surface area contributed by atoms with Crippen LogP contribution in [0.3, 0.4) is 0 Å². The number of hydrogen-bond donors (Lipinski definition) is 1. The van der Waals surface area contributed by atoms with Crippen molar-refractivity contribution in [1.29, 1.82) is 0 Å². The van der Waals surface area contributed by atoms with Gasteiger partial charge in [-0.3, -0.25) is 9.36 Å². The molecule has 5 nitrogen and oxygen atoms in total. The van der Waals surface area contributed by atoms with Crippen molar-refractivity contribution in [2.24, 2.45) is 7.05 Å². The maximum Gasteiger partial charge on any atom is 0.0638 e. The summed E-state index contributed by atoms with van der Waals surface area (Å²) in [5.74, 6) is 0. The fourth-order valence-electron chi connectivity index (χ4n) is 1.95. The van der Waals surface area contributed by atoms with Crippen molar-refractivity contribution in [2.45, 2.75) is 33.4 Å². The number of aromatic nitrogens is 4. The quantitative estimate of drug-likeness (QED) is 0.836. The largest absolute Gasteiger partial charge is 0.313 e. The molecule has 0 fully saturated rings. The Morgan fingerprint density at radius 2 is 2.17 bits per heavy atom. The zero-order valence-electron chi connectivity index (χ0n) is 11.3. The van der Waals surface area contributed by atoms with E-state index in [9.17, 15) is 0 Å². The van der Waals surface area contributed by atoms with Crippen molar-refractivity contribution < 1.29 is 0 Å². The molecule has 0 unspecified atom stereocenters. The predicted molar refractivity (Wildman–Crippen MR) is 71.3 cm³/mol. The molecule has 0 amide bonds. The minimum absolute atomic E-state index is 0.898. The highest BCUT2D eigenvalue weighted by Crippen LogP contribution is 2.07. The van der Waals surface area contributed by atoms with Gasteiger partial charge in [0.25, 0.3) is 0 Å². The molecule has 0 aliphatic rings. The number of nitrogens with one attached hydrogen (secondary N) is 1. The van der Waals surface area contributed by atoms with Gasteiger partial charge in [0.15, 0.2) is 0 Å². The molecule has 0 spiro atoms. The third kappa shape index (κ3) is 3.20. The van der Waals surface area contributed by atoms with Crippen molar-refractivity contribution in [1.82, 2.24) is 24.9 Å². The lowest BCUT2D eigenvalue weighted by atomic mass is 10.2. The molecule has 0 atom stereocenters. The molecule has 0 radical (unpaired) electrons. The van der Waals surface area contributed by atoms with E-state index in [-0.39, 0.29) is 0 Å². The summed E-state index contributed by atoms with van der Waals surface area (Å²) in [6.45, 7) is 6.96. The average molecular weight is 247 g/mol. The molecule has 0 saturated heterocycles. The van der Waals surface area contributed by atoms with Crippen LogP contribution in [-0.2, 0) is 26.6 Å². The molecule has 0 bridgehead atoms. The van der Waals surface area contributed by atoms with Gasteiger partial charge in [0.1, 0.15) is 0 Å². The Balaban J connectivity index is 1.93. The SMILES string of the molecule is CCNCc1cn(CCc2cnn(C)c2)nc1C. The van der Waals surface area contributed by atoms with Crippen molar-refractivity contribution >= 4 is 0 Å². The molecule has 98 valence electrons. The minimum atomic E-state index is 0.898. The fourth-order valence-corrected chi connectivity index (χ4v) is 1.95. The Labute approximate surface area is 108 Å². The Kier molecular flexibility index (Phi) is 4.15. The molecule has 0 aromatic carbocycles. The molecule has 0 aliphatic carbocycles. The molecular weight excluding hydrogens is 226 g/mol. The lowest BCUT2D eigenvalue weighted by Crippen LogP contribution is -2.11. The van der Waals surface area contributed by atoms with Gasteiger partial charge in [-0.05, 0) is 25.5 Å². The minimum Gasteiger partial charge on any atom is -0.313 e. The number of hydrogen-bond acceptors (Lipinski definition) is 3. The van der Waals surface area contributed by atoms with Crippen LogP contribution in [0.5, 0.6) is 0 Å². The third-order valence-corrected chi connectivity index (χ3v) is 3.00. The topological polar surface area (TPSA) is 47.7 Å².